The number of hydrogen-bond acceptors (Lipinski definition) is 3. The van der Waals surface area contributed by atoms with E-state index in [2.05, 4.69) is 16.4 Å². The summed E-state index contributed by atoms with van der Waals surface area (Å²) in [4.78, 5) is 4.51. The van der Waals surface area contributed by atoms with Crippen molar-refractivity contribution in [1.29, 1.82) is 0 Å². The third-order valence-electron chi connectivity index (χ3n) is 4.64. The number of nitrogens with zero attached hydrogens (tertiary/aromatic N) is 1. The molecule has 26 heavy (non-hydrogen) atoms. The molecule has 2 aromatic carbocycles. The molecule has 138 valence electrons. The number of hydrogen-bond donors (Lipinski definition) is 3. The van der Waals surface area contributed by atoms with Crippen LogP contribution in [0.1, 0.15) is 35.1 Å². The summed E-state index contributed by atoms with van der Waals surface area (Å²) in [6.07, 6.45) is 4.59. The molecule has 0 heterocycles. The second-order valence-corrected chi connectivity index (χ2v) is 8.15. The van der Waals surface area contributed by atoms with Crippen molar-refractivity contribution in [3.05, 3.63) is 58.7 Å². The van der Waals surface area contributed by atoms with E-state index in [1.165, 1.54) is 30.0 Å². The molecule has 0 saturated carbocycles. The number of nitrogens with one attached hydrogen (secondary N) is 1. The van der Waals surface area contributed by atoms with E-state index in [0.29, 0.717) is 18.1 Å². The Morgan fingerprint density at radius 2 is 1.96 bits per heavy atom. The van der Waals surface area contributed by atoms with Crippen molar-refractivity contribution in [3.8, 4) is 0 Å². The van der Waals surface area contributed by atoms with Crippen LogP contribution in [0.3, 0.4) is 0 Å². The van der Waals surface area contributed by atoms with Gasteiger partial charge >= 0.3 is 0 Å². The van der Waals surface area contributed by atoms with Crippen molar-refractivity contribution in [2.45, 2.75) is 44.0 Å². The van der Waals surface area contributed by atoms with Crippen molar-refractivity contribution in [3.63, 3.8) is 0 Å². The molecule has 6 nitrogen and oxygen atoms in total. The second-order valence-electron chi connectivity index (χ2n) is 6.62. The van der Waals surface area contributed by atoms with Crippen LogP contribution in [0.5, 0.6) is 0 Å². The lowest BCUT2D eigenvalue weighted by Gasteiger charge is -2.19. The number of benzene rings is 2. The van der Waals surface area contributed by atoms with E-state index >= 15 is 0 Å². The van der Waals surface area contributed by atoms with Gasteiger partial charge in [0.05, 0.1) is 11.4 Å². The lowest BCUT2D eigenvalue weighted by atomic mass is 9.90. The average molecular weight is 372 g/mol. The Hall–Kier alpha value is -2.38. The van der Waals surface area contributed by atoms with Crippen LogP contribution in [0.2, 0.25) is 0 Å². The monoisotopic (exact) mass is 372 g/mol. The van der Waals surface area contributed by atoms with Crippen LogP contribution in [0.4, 0.5) is 5.69 Å². The van der Waals surface area contributed by atoms with Gasteiger partial charge in [0.2, 0.25) is 10.0 Å². The van der Waals surface area contributed by atoms with Gasteiger partial charge in [-0.2, -0.15) is 0 Å². The molecular formula is C19H24N4O2S. The van der Waals surface area contributed by atoms with Crippen LogP contribution in [-0.2, 0) is 29.4 Å². The highest BCUT2D eigenvalue weighted by Crippen LogP contribution is 2.27. The maximum absolute atomic E-state index is 11.5. The molecule has 2 aromatic rings. The van der Waals surface area contributed by atoms with Crippen molar-refractivity contribution >= 4 is 21.7 Å². The predicted octanol–water partition coefficient (Wildman–Crippen LogP) is 2.45. The van der Waals surface area contributed by atoms with E-state index < -0.39 is 10.0 Å². The molecule has 0 bridgehead atoms. The second kappa shape index (κ2) is 7.47. The van der Waals surface area contributed by atoms with Crippen molar-refractivity contribution in [2.24, 2.45) is 15.9 Å². The molecule has 0 radical (unpaired) electrons. The summed E-state index contributed by atoms with van der Waals surface area (Å²) in [6.45, 7) is 2.07. The fourth-order valence-corrected chi connectivity index (χ4v) is 4.15. The fraction of sp³-hybridized carbons (Fsp3) is 0.316. The van der Waals surface area contributed by atoms with Gasteiger partial charge in [-0.1, -0.05) is 24.3 Å². The van der Waals surface area contributed by atoms with Crippen molar-refractivity contribution < 1.29 is 8.42 Å². The minimum absolute atomic E-state index is 0.132. The van der Waals surface area contributed by atoms with E-state index in [1.807, 2.05) is 12.1 Å². The molecule has 0 amide bonds. The van der Waals surface area contributed by atoms with E-state index in [-0.39, 0.29) is 4.90 Å². The molecular weight excluding hydrogens is 348 g/mol. The molecule has 1 aliphatic rings. The van der Waals surface area contributed by atoms with Crippen molar-refractivity contribution in [2.75, 3.05) is 5.32 Å². The number of sulfonamides is 1. The average Bonchev–Trinajstić information content (AvgIpc) is 2.59. The van der Waals surface area contributed by atoms with Gasteiger partial charge < -0.3 is 11.1 Å². The maximum atomic E-state index is 11.5. The Morgan fingerprint density at radius 1 is 1.19 bits per heavy atom. The Bertz CT molecular complexity index is 952. The topological polar surface area (TPSA) is 111 Å². The first-order valence-corrected chi connectivity index (χ1v) is 10.2. The van der Waals surface area contributed by atoms with Gasteiger partial charge in [0, 0.05) is 5.69 Å². The van der Waals surface area contributed by atoms with Gasteiger partial charge in [-0.15, -0.1) is 0 Å². The number of rotatable bonds is 4. The molecule has 0 saturated heterocycles. The van der Waals surface area contributed by atoms with Crippen LogP contribution in [0.15, 0.2) is 46.3 Å². The highest BCUT2D eigenvalue weighted by Gasteiger charge is 2.13. The smallest absolute Gasteiger partial charge is 0.238 e. The van der Waals surface area contributed by atoms with Gasteiger partial charge in [0.15, 0.2) is 5.96 Å². The Balaban J connectivity index is 1.73. The third-order valence-corrected chi connectivity index (χ3v) is 5.71. The molecule has 0 unspecified atom stereocenters. The first-order chi connectivity index (χ1) is 12.3. The standard InChI is InChI=1S/C19H24N4O2S/c1-13-11-14(9-10-18(13)26(21,24)25)12-22-19(20)23-17-8-4-6-15-5-2-3-7-16(15)17/h4,6,8-11H,2-3,5,7,12H2,1H3,(H3,20,22,23)(H2,21,24,25). The van der Waals surface area contributed by atoms with Crippen LogP contribution < -0.4 is 16.2 Å². The minimum Gasteiger partial charge on any atom is -0.370 e. The van der Waals surface area contributed by atoms with E-state index in [9.17, 15) is 8.42 Å². The molecule has 0 aromatic heterocycles. The first-order valence-electron chi connectivity index (χ1n) is 8.64. The summed E-state index contributed by atoms with van der Waals surface area (Å²) in [5, 5.41) is 8.39. The number of aryl methyl sites for hydroxylation is 2. The van der Waals surface area contributed by atoms with E-state index in [1.54, 1.807) is 19.1 Å². The quantitative estimate of drug-likeness (QED) is 0.565. The fourth-order valence-electron chi connectivity index (χ4n) is 3.38. The largest absolute Gasteiger partial charge is 0.370 e. The van der Waals surface area contributed by atoms with E-state index in [4.69, 9.17) is 10.9 Å². The highest BCUT2D eigenvalue weighted by molar-refractivity contribution is 7.89. The lowest BCUT2D eigenvalue weighted by Crippen LogP contribution is -2.24. The summed E-state index contributed by atoms with van der Waals surface area (Å²) in [7, 11) is -3.70. The summed E-state index contributed by atoms with van der Waals surface area (Å²) in [5.41, 5.74) is 11.2. The van der Waals surface area contributed by atoms with Gasteiger partial charge in [-0.25, -0.2) is 18.5 Å². The summed E-state index contributed by atoms with van der Waals surface area (Å²) >= 11 is 0. The van der Waals surface area contributed by atoms with E-state index in [0.717, 1.165) is 24.1 Å². The Labute approximate surface area is 154 Å². The third kappa shape index (κ3) is 4.23. The zero-order valence-corrected chi connectivity index (χ0v) is 15.6. The molecule has 5 N–H and O–H groups in total. The van der Waals surface area contributed by atoms with Gasteiger partial charge in [0.25, 0.3) is 0 Å². The SMILES string of the molecule is Cc1cc(CN=C(N)Nc2cccc3c2CCCC3)ccc1S(N)(=O)=O. The number of primary sulfonamides is 1. The van der Waals surface area contributed by atoms with Crippen LogP contribution in [0, 0.1) is 6.92 Å². The molecule has 0 atom stereocenters. The van der Waals surface area contributed by atoms with Crippen LogP contribution in [0.25, 0.3) is 0 Å². The zero-order valence-electron chi connectivity index (χ0n) is 14.8. The molecule has 7 heteroatoms. The molecule has 0 fully saturated rings. The van der Waals surface area contributed by atoms with Crippen LogP contribution >= 0.6 is 0 Å². The molecule has 1 aliphatic carbocycles. The summed E-state index contributed by atoms with van der Waals surface area (Å²) in [5.74, 6) is 0.345. The van der Waals surface area contributed by atoms with Crippen LogP contribution in [-0.4, -0.2) is 14.4 Å². The normalized spacial score (nSPS) is 14.8. The van der Waals surface area contributed by atoms with Gasteiger partial charge in [-0.3, -0.25) is 0 Å². The zero-order chi connectivity index (χ0) is 18.7. The van der Waals surface area contributed by atoms with Gasteiger partial charge in [-0.05, 0) is 67.0 Å². The Kier molecular flexibility index (Phi) is 5.29. The number of guanidine groups is 1. The first kappa shape index (κ1) is 18.4. The molecule has 0 spiro atoms. The predicted molar refractivity (Wildman–Crippen MR) is 105 cm³/mol. The summed E-state index contributed by atoms with van der Waals surface area (Å²) in [6, 6.07) is 11.2. The highest BCUT2D eigenvalue weighted by atomic mass is 32.2. The number of fused-ring (bicyclic) bond motifs is 1. The van der Waals surface area contributed by atoms with Crippen molar-refractivity contribution in [1.82, 2.24) is 0 Å². The number of nitrogens with two attached hydrogens (primary N) is 2. The number of aliphatic imine (C=N–C) groups is 1. The molecule has 0 aliphatic heterocycles. The Morgan fingerprint density at radius 3 is 2.69 bits per heavy atom. The van der Waals surface area contributed by atoms with Gasteiger partial charge in [0.1, 0.15) is 0 Å². The maximum Gasteiger partial charge on any atom is 0.238 e. The summed E-state index contributed by atoms with van der Waals surface area (Å²) < 4.78 is 22.9. The minimum atomic E-state index is -3.70. The molecule has 3 rings (SSSR count). The lowest BCUT2D eigenvalue weighted by molar-refractivity contribution is 0.597. The number of anilines is 1.